The first-order valence-corrected chi connectivity index (χ1v) is 11.2. The van der Waals surface area contributed by atoms with Gasteiger partial charge >= 0.3 is 5.97 Å². The van der Waals surface area contributed by atoms with Crippen molar-refractivity contribution in [2.24, 2.45) is 0 Å². The number of esters is 1. The average Bonchev–Trinajstić information content (AvgIpc) is 2.78. The molecule has 0 fully saturated rings. The van der Waals surface area contributed by atoms with Gasteiger partial charge in [0, 0.05) is 5.56 Å². The quantitative estimate of drug-likeness (QED) is 0.410. The van der Waals surface area contributed by atoms with Crippen LogP contribution in [0, 0.1) is 6.92 Å². The van der Waals surface area contributed by atoms with Crippen molar-refractivity contribution >= 4 is 21.8 Å². The molecule has 0 spiro atoms. The number of ether oxygens (including phenoxy) is 1. The van der Waals surface area contributed by atoms with Gasteiger partial charge in [0.2, 0.25) is 10.0 Å². The second-order valence-corrected chi connectivity index (χ2v) is 8.79. The van der Waals surface area contributed by atoms with E-state index in [0.717, 1.165) is 11.1 Å². The molecule has 0 heterocycles. The number of Topliss-reactive ketones (excluding diaryl/α,β-unsaturated/α-hetero) is 1. The Morgan fingerprint density at radius 2 is 1.45 bits per heavy atom. The van der Waals surface area contributed by atoms with Gasteiger partial charge in [0.05, 0.1) is 4.90 Å². The molecule has 0 aromatic heterocycles. The Balaban J connectivity index is 1.76. The van der Waals surface area contributed by atoms with E-state index in [1.807, 2.05) is 13.0 Å². The summed E-state index contributed by atoms with van der Waals surface area (Å²) in [6, 6.07) is 22.6. The zero-order valence-corrected chi connectivity index (χ0v) is 17.8. The highest BCUT2D eigenvalue weighted by molar-refractivity contribution is 7.89. The van der Waals surface area contributed by atoms with E-state index < -0.39 is 28.6 Å². The van der Waals surface area contributed by atoms with Crippen molar-refractivity contribution in [3.63, 3.8) is 0 Å². The van der Waals surface area contributed by atoms with Crippen LogP contribution in [0.25, 0.3) is 0 Å². The number of hydrogen-bond acceptors (Lipinski definition) is 5. The van der Waals surface area contributed by atoms with Crippen molar-refractivity contribution < 1.29 is 22.7 Å². The molecule has 3 aromatic rings. The molecule has 0 saturated heterocycles. The van der Waals surface area contributed by atoms with Crippen LogP contribution in [0.4, 0.5) is 0 Å². The standard InChI is InChI=1S/C24H23NO5S/c1-18-12-14-21(15-13-18)31(28,29)25-22(16-19-8-4-2-5-9-19)24(27)30-17-23(26)20-10-6-3-7-11-20/h2-15,22,25H,16-17H2,1H3/t22-/m1/s1. The maximum atomic E-state index is 12.8. The van der Waals surface area contributed by atoms with Crippen LogP contribution in [0.3, 0.4) is 0 Å². The average molecular weight is 438 g/mol. The predicted octanol–water partition coefficient (Wildman–Crippen LogP) is 3.31. The lowest BCUT2D eigenvalue weighted by Crippen LogP contribution is -2.43. The van der Waals surface area contributed by atoms with Crippen LogP contribution >= 0.6 is 0 Å². The van der Waals surface area contributed by atoms with Crippen molar-refractivity contribution in [1.29, 1.82) is 0 Å². The van der Waals surface area contributed by atoms with Gasteiger partial charge in [0.15, 0.2) is 12.4 Å². The molecule has 0 radical (unpaired) electrons. The highest BCUT2D eigenvalue weighted by atomic mass is 32.2. The Hall–Kier alpha value is -3.29. The largest absolute Gasteiger partial charge is 0.456 e. The van der Waals surface area contributed by atoms with Gasteiger partial charge in [-0.2, -0.15) is 4.72 Å². The van der Waals surface area contributed by atoms with Crippen molar-refractivity contribution in [2.45, 2.75) is 24.3 Å². The SMILES string of the molecule is Cc1ccc(S(=O)(=O)N[C@H](Cc2ccccc2)C(=O)OCC(=O)c2ccccc2)cc1. The molecule has 3 aromatic carbocycles. The lowest BCUT2D eigenvalue weighted by atomic mass is 10.1. The Kier molecular flexibility index (Phi) is 7.33. The molecule has 0 aliphatic heterocycles. The molecule has 0 aliphatic rings. The maximum absolute atomic E-state index is 12.8. The highest BCUT2D eigenvalue weighted by Crippen LogP contribution is 2.13. The van der Waals surface area contributed by atoms with Gasteiger partial charge in [-0.3, -0.25) is 9.59 Å². The monoisotopic (exact) mass is 437 g/mol. The summed E-state index contributed by atoms with van der Waals surface area (Å²) in [6.07, 6.45) is 0.0876. The number of hydrogen-bond donors (Lipinski definition) is 1. The summed E-state index contributed by atoms with van der Waals surface area (Å²) in [4.78, 5) is 25.0. The minimum Gasteiger partial charge on any atom is -0.456 e. The summed E-state index contributed by atoms with van der Waals surface area (Å²) < 4.78 is 33.2. The molecule has 7 heteroatoms. The third-order valence-corrected chi connectivity index (χ3v) is 6.12. The molecular formula is C24H23NO5S. The van der Waals surface area contributed by atoms with Crippen LogP contribution in [-0.2, 0) is 26.0 Å². The van der Waals surface area contributed by atoms with Crippen LogP contribution in [0.15, 0.2) is 89.8 Å². The van der Waals surface area contributed by atoms with Crippen LogP contribution in [0.2, 0.25) is 0 Å². The number of rotatable bonds is 9. The molecule has 160 valence electrons. The third kappa shape index (κ3) is 6.34. The molecule has 3 rings (SSSR count). The fraction of sp³-hybridized carbons (Fsp3) is 0.167. The van der Waals surface area contributed by atoms with Crippen LogP contribution in [0.1, 0.15) is 21.5 Å². The molecular weight excluding hydrogens is 414 g/mol. The smallest absolute Gasteiger partial charge is 0.324 e. The summed E-state index contributed by atoms with van der Waals surface area (Å²) in [5.41, 5.74) is 2.08. The third-order valence-electron chi connectivity index (χ3n) is 4.64. The molecule has 0 aliphatic carbocycles. The summed E-state index contributed by atoms with van der Waals surface area (Å²) in [6.45, 7) is 1.38. The van der Waals surface area contributed by atoms with Crippen molar-refractivity contribution in [3.8, 4) is 0 Å². The van der Waals surface area contributed by atoms with E-state index in [9.17, 15) is 18.0 Å². The van der Waals surface area contributed by atoms with Gasteiger partial charge in [-0.05, 0) is 31.0 Å². The molecule has 31 heavy (non-hydrogen) atoms. The number of sulfonamides is 1. The van der Waals surface area contributed by atoms with Crippen LogP contribution in [0.5, 0.6) is 0 Å². The fourth-order valence-corrected chi connectivity index (χ4v) is 4.12. The highest BCUT2D eigenvalue weighted by Gasteiger charge is 2.28. The number of benzene rings is 3. The van der Waals surface area contributed by atoms with Crippen molar-refractivity contribution in [3.05, 3.63) is 102 Å². The zero-order valence-electron chi connectivity index (χ0n) is 17.0. The Morgan fingerprint density at radius 3 is 2.06 bits per heavy atom. The zero-order chi connectivity index (χ0) is 22.3. The molecule has 6 nitrogen and oxygen atoms in total. The maximum Gasteiger partial charge on any atom is 0.324 e. The molecule has 0 unspecified atom stereocenters. The number of ketones is 1. The first-order valence-electron chi connectivity index (χ1n) is 9.73. The van der Waals surface area contributed by atoms with E-state index in [-0.39, 0.29) is 17.1 Å². The van der Waals surface area contributed by atoms with Crippen LogP contribution in [-0.4, -0.2) is 32.8 Å². The van der Waals surface area contributed by atoms with E-state index in [1.165, 1.54) is 12.1 Å². The van der Waals surface area contributed by atoms with Gasteiger partial charge in [0.1, 0.15) is 6.04 Å². The summed E-state index contributed by atoms with van der Waals surface area (Å²) in [5, 5.41) is 0. The minimum absolute atomic E-state index is 0.0457. The molecule has 1 N–H and O–H groups in total. The normalized spacial score (nSPS) is 12.2. The minimum atomic E-state index is -3.97. The van der Waals surface area contributed by atoms with E-state index in [2.05, 4.69) is 4.72 Å². The van der Waals surface area contributed by atoms with E-state index in [4.69, 9.17) is 4.74 Å². The lowest BCUT2D eigenvalue weighted by molar-refractivity contribution is -0.144. The van der Waals surface area contributed by atoms with Gasteiger partial charge in [-0.15, -0.1) is 0 Å². The van der Waals surface area contributed by atoms with E-state index in [0.29, 0.717) is 5.56 Å². The first kappa shape index (κ1) is 22.4. The topological polar surface area (TPSA) is 89.5 Å². The number of nitrogens with one attached hydrogen (secondary N) is 1. The van der Waals surface area contributed by atoms with E-state index >= 15 is 0 Å². The Bertz CT molecular complexity index is 1130. The molecule has 0 bridgehead atoms. The number of aryl methyl sites for hydroxylation is 1. The summed E-state index contributed by atoms with van der Waals surface area (Å²) in [7, 11) is -3.97. The summed E-state index contributed by atoms with van der Waals surface area (Å²) in [5.74, 6) is -1.18. The van der Waals surface area contributed by atoms with Gasteiger partial charge in [-0.25, -0.2) is 8.42 Å². The Labute approximate surface area is 181 Å². The predicted molar refractivity (Wildman–Crippen MR) is 117 cm³/mol. The second kappa shape index (κ2) is 10.1. The Morgan fingerprint density at radius 1 is 0.871 bits per heavy atom. The lowest BCUT2D eigenvalue weighted by Gasteiger charge is -2.18. The van der Waals surface area contributed by atoms with Crippen LogP contribution < -0.4 is 4.72 Å². The van der Waals surface area contributed by atoms with Crippen molar-refractivity contribution in [1.82, 2.24) is 4.72 Å². The van der Waals surface area contributed by atoms with Crippen molar-refractivity contribution in [2.75, 3.05) is 6.61 Å². The fourth-order valence-electron chi connectivity index (χ4n) is 2.94. The van der Waals surface area contributed by atoms with Gasteiger partial charge in [0.25, 0.3) is 0 Å². The van der Waals surface area contributed by atoms with Gasteiger partial charge < -0.3 is 4.74 Å². The molecule has 0 saturated carbocycles. The molecule has 1 atom stereocenters. The summed E-state index contributed by atoms with van der Waals surface area (Å²) >= 11 is 0. The number of carbonyl (C=O) groups is 2. The van der Waals surface area contributed by atoms with Gasteiger partial charge in [-0.1, -0.05) is 78.4 Å². The molecule has 0 amide bonds. The van der Waals surface area contributed by atoms with E-state index in [1.54, 1.807) is 66.7 Å². The first-order chi connectivity index (χ1) is 14.8. The number of carbonyl (C=O) groups excluding carboxylic acids is 2. The second-order valence-electron chi connectivity index (χ2n) is 7.07.